The molecule has 0 atom stereocenters. The summed E-state index contributed by atoms with van der Waals surface area (Å²) in [5, 5.41) is 3.05. The van der Waals surface area contributed by atoms with Gasteiger partial charge in [-0.2, -0.15) is 13.2 Å². The van der Waals surface area contributed by atoms with Gasteiger partial charge in [-0.25, -0.2) is 9.97 Å². The van der Waals surface area contributed by atoms with E-state index in [-0.39, 0.29) is 18.0 Å². The van der Waals surface area contributed by atoms with E-state index in [4.69, 9.17) is 0 Å². The van der Waals surface area contributed by atoms with E-state index >= 15 is 0 Å². The van der Waals surface area contributed by atoms with E-state index in [1.54, 1.807) is 0 Å². The molecule has 0 spiro atoms. The summed E-state index contributed by atoms with van der Waals surface area (Å²) in [5.41, 5.74) is 0.0382. The molecule has 3 nitrogen and oxygen atoms in total. The highest BCUT2D eigenvalue weighted by Gasteiger charge is 2.37. The molecule has 0 saturated heterocycles. The van der Waals surface area contributed by atoms with Gasteiger partial charge < -0.3 is 5.32 Å². The molecule has 2 rings (SSSR count). The molecule has 0 aromatic carbocycles. The van der Waals surface area contributed by atoms with E-state index in [9.17, 15) is 13.2 Å². The normalized spacial score (nSPS) is 14.7. The number of aromatic nitrogens is 2. The lowest BCUT2D eigenvalue weighted by molar-refractivity contribution is -0.142. The Balaban J connectivity index is 0.00000180. The van der Waals surface area contributed by atoms with Gasteiger partial charge in [0.15, 0.2) is 5.69 Å². The van der Waals surface area contributed by atoms with Crippen molar-refractivity contribution in [2.75, 3.05) is 6.54 Å². The van der Waals surface area contributed by atoms with Crippen LogP contribution < -0.4 is 5.32 Å². The highest BCUT2D eigenvalue weighted by atomic mass is 35.5. The number of hydrogen-bond donors (Lipinski definition) is 1. The molecule has 0 bridgehead atoms. The van der Waals surface area contributed by atoms with Gasteiger partial charge in [-0.1, -0.05) is 13.3 Å². The van der Waals surface area contributed by atoms with Crippen molar-refractivity contribution in [3.63, 3.8) is 0 Å². The molecular weight excluding hydrogens is 279 g/mol. The van der Waals surface area contributed by atoms with Crippen LogP contribution in [-0.4, -0.2) is 16.5 Å². The van der Waals surface area contributed by atoms with Crippen LogP contribution in [0, 0.1) is 0 Å². The predicted octanol–water partition coefficient (Wildman–Crippen LogP) is 2.91. The molecule has 0 fully saturated rings. The number of fused-ring (bicyclic) bond motifs is 1. The minimum atomic E-state index is -4.38. The van der Waals surface area contributed by atoms with E-state index in [2.05, 4.69) is 15.3 Å². The third kappa shape index (κ3) is 3.79. The van der Waals surface area contributed by atoms with Gasteiger partial charge in [0.2, 0.25) is 0 Å². The number of nitrogens with one attached hydrogen (secondary N) is 1. The monoisotopic (exact) mass is 295 g/mol. The molecule has 0 amide bonds. The van der Waals surface area contributed by atoms with Crippen LogP contribution in [0.25, 0.3) is 0 Å². The summed E-state index contributed by atoms with van der Waals surface area (Å²) in [7, 11) is 0. The lowest BCUT2D eigenvalue weighted by Gasteiger charge is -2.21. The maximum Gasteiger partial charge on any atom is 0.433 e. The van der Waals surface area contributed by atoms with Crippen molar-refractivity contribution in [2.45, 2.75) is 45.3 Å². The zero-order valence-corrected chi connectivity index (χ0v) is 11.5. The van der Waals surface area contributed by atoms with Crippen LogP contribution in [0.2, 0.25) is 0 Å². The van der Waals surface area contributed by atoms with E-state index in [0.717, 1.165) is 12.8 Å². The highest BCUT2D eigenvalue weighted by Crippen LogP contribution is 2.32. The number of hydrogen-bond acceptors (Lipinski definition) is 3. The van der Waals surface area contributed by atoms with Gasteiger partial charge in [-0.05, 0) is 19.4 Å². The standard InChI is InChI=1S/C12H16F3N3.ClH/c1-2-3-4-10-17-9-7-16-6-5-8(9)11(18-10)12(13,14)15;/h16H,2-7H2,1H3;1H. The Morgan fingerprint density at radius 1 is 1.26 bits per heavy atom. The third-order valence-corrected chi connectivity index (χ3v) is 3.01. The molecule has 7 heteroatoms. The van der Waals surface area contributed by atoms with Gasteiger partial charge >= 0.3 is 6.18 Å². The molecule has 1 aliphatic rings. The Morgan fingerprint density at radius 2 is 2.00 bits per heavy atom. The summed E-state index contributed by atoms with van der Waals surface area (Å²) in [4.78, 5) is 7.98. The second kappa shape index (κ2) is 6.52. The lowest BCUT2D eigenvalue weighted by Crippen LogP contribution is -2.29. The van der Waals surface area contributed by atoms with E-state index in [0.29, 0.717) is 37.4 Å². The summed E-state index contributed by atoms with van der Waals surface area (Å²) in [6.45, 7) is 2.94. The number of alkyl halides is 3. The fraction of sp³-hybridized carbons (Fsp3) is 0.667. The first-order chi connectivity index (χ1) is 8.52. The van der Waals surface area contributed by atoms with Gasteiger partial charge in [-0.15, -0.1) is 12.4 Å². The second-order valence-corrected chi connectivity index (χ2v) is 4.44. The smallest absolute Gasteiger partial charge is 0.311 e. The molecule has 1 aliphatic heterocycles. The number of aryl methyl sites for hydroxylation is 1. The molecule has 1 aromatic heterocycles. The molecule has 0 radical (unpaired) electrons. The number of nitrogens with zero attached hydrogens (tertiary/aromatic N) is 2. The van der Waals surface area contributed by atoms with Crippen LogP contribution >= 0.6 is 12.4 Å². The van der Waals surface area contributed by atoms with Gasteiger partial charge in [0.25, 0.3) is 0 Å². The Bertz CT molecular complexity index is 435. The number of unbranched alkanes of at least 4 members (excludes halogenated alkanes) is 1. The highest BCUT2D eigenvalue weighted by molar-refractivity contribution is 5.85. The van der Waals surface area contributed by atoms with Crippen LogP contribution in [0.15, 0.2) is 0 Å². The Labute approximate surface area is 116 Å². The second-order valence-electron chi connectivity index (χ2n) is 4.44. The fourth-order valence-corrected chi connectivity index (χ4v) is 2.09. The minimum absolute atomic E-state index is 0. The van der Waals surface area contributed by atoms with Crippen LogP contribution in [-0.2, 0) is 25.6 Å². The van der Waals surface area contributed by atoms with Crippen molar-refractivity contribution in [1.29, 1.82) is 0 Å². The van der Waals surface area contributed by atoms with Crippen LogP contribution in [0.5, 0.6) is 0 Å². The number of halogens is 4. The first kappa shape index (κ1) is 16.2. The average Bonchev–Trinajstić information content (AvgIpc) is 2.34. The zero-order valence-electron chi connectivity index (χ0n) is 10.7. The van der Waals surface area contributed by atoms with Crippen molar-refractivity contribution in [1.82, 2.24) is 15.3 Å². The SMILES string of the molecule is CCCCc1nc2c(c(C(F)(F)F)n1)CCNC2.Cl. The third-order valence-electron chi connectivity index (χ3n) is 3.01. The predicted molar refractivity (Wildman–Crippen MR) is 68.3 cm³/mol. The van der Waals surface area contributed by atoms with Crippen molar-refractivity contribution in [3.05, 3.63) is 22.8 Å². The molecule has 1 N–H and O–H groups in total. The van der Waals surface area contributed by atoms with Crippen LogP contribution in [0.4, 0.5) is 13.2 Å². The van der Waals surface area contributed by atoms with Crippen LogP contribution in [0.1, 0.15) is 42.5 Å². The quantitative estimate of drug-likeness (QED) is 0.932. The Morgan fingerprint density at radius 3 is 2.63 bits per heavy atom. The van der Waals surface area contributed by atoms with E-state index in [1.807, 2.05) is 6.92 Å². The molecule has 108 valence electrons. The maximum atomic E-state index is 13.0. The molecule has 0 saturated carbocycles. The zero-order chi connectivity index (χ0) is 13.2. The van der Waals surface area contributed by atoms with Crippen molar-refractivity contribution < 1.29 is 13.2 Å². The van der Waals surface area contributed by atoms with Crippen molar-refractivity contribution in [2.24, 2.45) is 0 Å². The molecule has 0 unspecified atom stereocenters. The molecular formula is C12H17ClF3N3. The Kier molecular flexibility index (Phi) is 5.55. The number of rotatable bonds is 3. The molecule has 1 aromatic rings. The van der Waals surface area contributed by atoms with E-state index < -0.39 is 11.9 Å². The largest absolute Gasteiger partial charge is 0.433 e. The summed E-state index contributed by atoms with van der Waals surface area (Å²) in [6.07, 6.45) is -1.81. The van der Waals surface area contributed by atoms with Crippen LogP contribution in [0.3, 0.4) is 0 Å². The minimum Gasteiger partial charge on any atom is -0.311 e. The summed E-state index contributed by atoms with van der Waals surface area (Å²) in [5.74, 6) is 0.312. The van der Waals surface area contributed by atoms with Gasteiger partial charge in [0, 0.05) is 18.5 Å². The first-order valence-electron chi connectivity index (χ1n) is 6.19. The molecule has 0 aliphatic carbocycles. The van der Waals surface area contributed by atoms with Gasteiger partial charge in [0.05, 0.1) is 5.69 Å². The van der Waals surface area contributed by atoms with Gasteiger partial charge in [0.1, 0.15) is 5.82 Å². The van der Waals surface area contributed by atoms with E-state index in [1.165, 1.54) is 0 Å². The molecule has 19 heavy (non-hydrogen) atoms. The van der Waals surface area contributed by atoms with Crippen molar-refractivity contribution in [3.8, 4) is 0 Å². The van der Waals surface area contributed by atoms with Crippen molar-refractivity contribution >= 4 is 12.4 Å². The summed E-state index contributed by atoms with van der Waals surface area (Å²) in [6, 6.07) is 0. The fourth-order valence-electron chi connectivity index (χ4n) is 2.09. The maximum absolute atomic E-state index is 13.0. The molecule has 2 heterocycles. The lowest BCUT2D eigenvalue weighted by atomic mass is 10.0. The summed E-state index contributed by atoms with van der Waals surface area (Å²) < 4.78 is 38.9. The average molecular weight is 296 g/mol. The topological polar surface area (TPSA) is 37.8 Å². The first-order valence-corrected chi connectivity index (χ1v) is 6.19. The summed E-state index contributed by atoms with van der Waals surface area (Å²) >= 11 is 0. The van der Waals surface area contributed by atoms with Gasteiger partial charge in [-0.3, -0.25) is 0 Å². The Hall–Kier alpha value is -0.880.